The zero-order valence-electron chi connectivity index (χ0n) is 8.10. The number of carboxylic acid groups (broad SMARTS) is 1. The first-order valence-electron chi connectivity index (χ1n) is 4.48. The highest BCUT2D eigenvalue weighted by molar-refractivity contribution is 5.66. The first-order valence-corrected chi connectivity index (χ1v) is 4.48. The normalized spacial score (nSPS) is 10.4. The molecule has 0 aliphatic heterocycles. The molecule has 0 fully saturated rings. The number of rotatable bonds is 6. The van der Waals surface area contributed by atoms with Crippen molar-refractivity contribution in [1.82, 2.24) is 20.3 Å². The third-order valence-electron chi connectivity index (χ3n) is 1.77. The van der Waals surface area contributed by atoms with E-state index in [0.717, 1.165) is 18.7 Å². The Balaban J connectivity index is 2.38. The first kappa shape index (κ1) is 10.6. The number of aryl methyl sites for hydroxylation is 1. The number of hydrogen-bond acceptors (Lipinski definition) is 4. The number of aliphatic carboxylic acids is 1. The lowest BCUT2D eigenvalue weighted by Crippen LogP contribution is -2.10. The molecule has 0 saturated carbocycles. The molecule has 1 heterocycles. The minimum absolute atomic E-state index is 0.0782. The summed E-state index contributed by atoms with van der Waals surface area (Å²) in [6.45, 7) is 1.22. The van der Waals surface area contributed by atoms with E-state index in [1.807, 2.05) is 7.05 Å². The van der Waals surface area contributed by atoms with E-state index in [0.29, 0.717) is 6.54 Å². The van der Waals surface area contributed by atoms with Crippen molar-refractivity contribution in [2.45, 2.75) is 19.4 Å². The smallest absolute Gasteiger partial charge is 0.305 e. The third-order valence-corrected chi connectivity index (χ3v) is 1.77. The van der Waals surface area contributed by atoms with Crippen molar-refractivity contribution >= 4 is 5.97 Å². The summed E-state index contributed by atoms with van der Waals surface area (Å²) in [6, 6.07) is 0. The van der Waals surface area contributed by atoms with Gasteiger partial charge < -0.3 is 10.4 Å². The minimum atomic E-state index is -0.822. The number of carbonyl (C=O) groups is 1. The second-order valence-electron chi connectivity index (χ2n) is 2.97. The molecule has 2 N–H and O–H groups in total. The fourth-order valence-electron chi connectivity index (χ4n) is 1.03. The molecule has 1 rings (SSSR count). The van der Waals surface area contributed by atoms with Crippen molar-refractivity contribution in [2.24, 2.45) is 0 Å². The Morgan fingerprint density at radius 3 is 3.14 bits per heavy atom. The SMILES string of the molecule is CNCCc1cn(CCC(=O)O)nn1. The molecule has 6 nitrogen and oxygen atoms in total. The fraction of sp³-hybridized carbons (Fsp3) is 0.625. The monoisotopic (exact) mass is 198 g/mol. The molecule has 0 bridgehead atoms. The number of nitrogens with one attached hydrogen (secondary N) is 1. The number of carboxylic acids is 1. The van der Waals surface area contributed by atoms with Crippen LogP contribution in [0.3, 0.4) is 0 Å². The number of hydrogen-bond donors (Lipinski definition) is 2. The minimum Gasteiger partial charge on any atom is -0.481 e. The Kier molecular flexibility index (Phi) is 4.06. The Morgan fingerprint density at radius 2 is 2.50 bits per heavy atom. The van der Waals surface area contributed by atoms with E-state index in [2.05, 4.69) is 15.6 Å². The average molecular weight is 198 g/mol. The molecular formula is C8H14N4O2. The van der Waals surface area contributed by atoms with Crippen LogP contribution in [0, 0.1) is 0 Å². The molecule has 1 aromatic heterocycles. The molecule has 14 heavy (non-hydrogen) atoms. The van der Waals surface area contributed by atoms with Gasteiger partial charge >= 0.3 is 5.97 Å². The van der Waals surface area contributed by atoms with Crippen molar-refractivity contribution in [3.8, 4) is 0 Å². The topological polar surface area (TPSA) is 80.0 Å². The summed E-state index contributed by atoms with van der Waals surface area (Å²) in [6.07, 6.45) is 2.67. The second kappa shape index (κ2) is 5.33. The van der Waals surface area contributed by atoms with Gasteiger partial charge in [0, 0.05) is 19.2 Å². The molecule has 6 heteroatoms. The van der Waals surface area contributed by atoms with Gasteiger partial charge in [0.2, 0.25) is 0 Å². The van der Waals surface area contributed by atoms with Gasteiger partial charge in [-0.3, -0.25) is 9.48 Å². The zero-order valence-corrected chi connectivity index (χ0v) is 8.10. The maximum absolute atomic E-state index is 10.3. The number of aromatic nitrogens is 3. The lowest BCUT2D eigenvalue weighted by atomic mass is 10.3. The summed E-state index contributed by atoms with van der Waals surface area (Å²) in [7, 11) is 1.87. The van der Waals surface area contributed by atoms with Gasteiger partial charge in [0.1, 0.15) is 0 Å². The van der Waals surface area contributed by atoms with Crippen molar-refractivity contribution in [3.63, 3.8) is 0 Å². The van der Waals surface area contributed by atoms with E-state index in [1.165, 1.54) is 0 Å². The van der Waals surface area contributed by atoms with Crippen LogP contribution in [0.2, 0.25) is 0 Å². The van der Waals surface area contributed by atoms with Crippen LogP contribution < -0.4 is 5.32 Å². The van der Waals surface area contributed by atoms with Crippen LogP contribution >= 0.6 is 0 Å². The van der Waals surface area contributed by atoms with E-state index < -0.39 is 5.97 Å². The van der Waals surface area contributed by atoms with E-state index in [-0.39, 0.29) is 6.42 Å². The van der Waals surface area contributed by atoms with E-state index >= 15 is 0 Å². The maximum Gasteiger partial charge on any atom is 0.305 e. The maximum atomic E-state index is 10.3. The molecule has 78 valence electrons. The Bertz CT molecular complexity index is 297. The standard InChI is InChI=1S/C8H14N4O2/c1-9-4-2-7-6-12(11-10-7)5-3-8(13)14/h6,9H,2-5H2,1H3,(H,13,14). The lowest BCUT2D eigenvalue weighted by molar-refractivity contribution is -0.137. The highest BCUT2D eigenvalue weighted by Gasteiger charge is 2.02. The van der Waals surface area contributed by atoms with Crippen molar-refractivity contribution in [1.29, 1.82) is 0 Å². The molecular weight excluding hydrogens is 184 g/mol. The summed E-state index contributed by atoms with van der Waals surface area (Å²) >= 11 is 0. The predicted octanol–water partition coefficient (Wildman–Crippen LogP) is -0.485. The van der Waals surface area contributed by atoms with Crippen LogP contribution in [-0.4, -0.2) is 39.7 Å². The molecule has 0 aliphatic carbocycles. The summed E-state index contributed by atoms with van der Waals surface area (Å²) in [5.74, 6) is -0.822. The lowest BCUT2D eigenvalue weighted by Gasteiger charge is -1.95. The Labute approximate surface area is 81.9 Å². The van der Waals surface area contributed by atoms with Crippen LogP contribution in [0.25, 0.3) is 0 Å². The molecule has 1 aromatic rings. The van der Waals surface area contributed by atoms with Gasteiger partial charge in [-0.1, -0.05) is 5.21 Å². The van der Waals surface area contributed by atoms with E-state index in [9.17, 15) is 4.79 Å². The fourth-order valence-corrected chi connectivity index (χ4v) is 1.03. The number of nitrogens with zero attached hydrogens (tertiary/aromatic N) is 3. The van der Waals surface area contributed by atoms with E-state index in [4.69, 9.17) is 5.11 Å². The molecule has 0 unspecified atom stereocenters. The summed E-state index contributed by atoms with van der Waals surface area (Å²) in [4.78, 5) is 10.3. The molecule has 0 spiro atoms. The average Bonchev–Trinajstić information content (AvgIpc) is 2.59. The molecule has 0 aliphatic rings. The van der Waals surface area contributed by atoms with Crippen molar-refractivity contribution < 1.29 is 9.90 Å². The van der Waals surface area contributed by atoms with Gasteiger partial charge in [0.25, 0.3) is 0 Å². The van der Waals surface area contributed by atoms with Gasteiger partial charge in [0.05, 0.1) is 18.7 Å². The zero-order chi connectivity index (χ0) is 10.4. The first-order chi connectivity index (χ1) is 6.72. The summed E-state index contributed by atoms with van der Waals surface area (Å²) in [5, 5.41) is 19.2. The number of likely N-dealkylation sites (N-methyl/N-ethyl adjacent to an activating group) is 1. The van der Waals surface area contributed by atoms with Crippen LogP contribution in [0.1, 0.15) is 12.1 Å². The Hall–Kier alpha value is -1.43. The van der Waals surface area contributed by atoms with Crippen LogP contribution in [0.4, 0.5) is 0 Å². The highest BCUT2D eigenvalue weighted by atomic mass is 16.4. The van der Waals surface area contributed by atoms with Crippen LogP contribution in [0.5, 0.6) is 0 Å². The molecule has 0 saturated heterocycles. The van der Waals surface area contributed by atoms with Gasteiger partial charge in [-0.25, -0.2) is 0 Å². The van der Waals surface area contributed by atoms with Crippen molar-refractivity contribution in [2.75, 3.05) is 13.6 Å². The van der Waals surface area contributed by atoms with Crippen LogP contribution in [0.15, 0.2) is 6.20 Å². The van der Waals surface area contributed by atoms with Gasteiger partial charge in [-0.05, 0) is 7.05 Å². The summed E-state index contributed by atoms with van der Waals surface area (Å²) in [5.41, 5.74) is 0.879. The van der Waals surface area contributed by atoms with Crippen LogP contribution in [-0.2, 0) is 17.8 Å². The molecule has 0 amide bonds. The molecule has 0 aromatic carbocycles. The van der Waals surface area contributed by atoms with E-state index in [1.54, 1.807) is 10.9 Å². The third kappa shape index (κ3) is 3.53. The molecule has 0 atom stereocenters. The predicted molar refractivity (Wildman–Crippen MR) is 49.9 cm³/mol. The highest BCUT2D eigenvalue weighted by Crippen LogP contribution is 1.95. The van der Waals surface area contributed by atoms with Crippen molar-refractivity contribution in [3.05, 3.63) is 11.9 Å². The summed E-state index contributed by atoms with van der Waals surface area (Å²) < 4.78 is 1.55. The molecule has 0 radical (unpaired) electrons. The van der Waals surface area contributed by atoms with Gasteiger partial charge in [-0.2, -0.15) is 0 Å². The Morgan fingerprint density at radius 1 is 1.71 bits per heavy atom. The van der Waals surface area contributed by atoms with Gasteiger partial charge in [0.15, 0.2) is 0 Å². The van der Waals surface area contributed by atoms with Gasteiger partial charge in [-0.15, -0.1) is 5.10 Å². The largest absolute Gasteiger partial charge is 0.481 e. The second-order valence-corrected chi connectivity index (χ2v) is 2.97. The quantitative estimate of drug-likeness (QED) is 0.645.